The minimum Gasteiger partial charge on any atom is -0.463 e. The average Bonchev–Trinajstić information content (AvgIpc) is 2.44. The molecule has 5 nitrogen and oxygen atoms in total. The van der Waals surface area contributed by atoms with Gasteiger partial charge in [0, 0.05) is 24.6 Å². The van der Waals surface area contributed by atoms with Gasteiger partial charge in [-0.3, -0.25) is 4.98 Å². The number of nitrogens with two attached hydrogens (primary N) is 1. The maximum Gasteiger partial charge on any atom is 0.316 e. The van der Waals surface area contributed by atoms with Crippen molar-refractivity contribution >= 4 is 0 Å². The van der Waals surface area contributed by atoms with Crippen molar-refractivity contribution in [1.82, 2.24) is 15.0 Å². The lowest BCUT2D eigenvalue weighted by atomic mass is 10.1. The molecule has 0 spiro atoms. The summed E-state index contributed by atoms with van der Waals surface area (Å²) in [6.07, 6.45) is 5.47. The minimum absolute atomic E-state index is 0.400. The van der Waals surface area contributed by atoms with Gasteiger partial charge in [-0.2, -0.15) is 4.98 Å². The number of aryl methyl sites for hydroxylation is 2. The Morgan fingerprint density at radius 1 is 1.21 bits per heavy atom. The molecule has 2 heterocycles. The van der Waals surface area contributed by atoms with Crippen molar-refractivity contribution in [2.24, 2.45) is 5.73 Å². The molecule has 0 aliphatic rings. The summed E-state index contributed by atoms with van der Waals surface area (Å²) in [4.78, 5) is 12.4. The molecule has 0 aliphatic carbocycles. The Labute approximate surface area is 112 Å². The van der Waals surface area contributed by atoms with Crippen LogP contribution in [0.3, 0.4) is 0 Å². The molecule has 0 bridgehead atoms. The molecule has 0 aromatic carbocycles. The van der Waals surface area contributed by atoms with Crippen LogP contribution in [0.25, 0.3) is 0 Å². The summed E-state index contributed by atoms with van der Waals surface area (Å²) >= 11 is 0. The highest BCUT2D eigenvalue weighted by Crippen LogP contribution is 2.08. The zero-order valence-electron chi connectivity index (χ0n) is 11.0. The first-order valence-electron chi connectivity index (χ1n) is 6.34. The van der Waals surface area contributed by atoms with Crippen LogP contribution in [0.2, 0.25) is 0 Å². The van der Waals surface area contributed by atoms with Crippen LogP contribution in [0.5, 0.6) is 6.01 Å². The molecule has 2 aromatic rings. The second-order valence-electron chi connectivity index (χ2n) is 4.29. The third-order valence-electron chi connectivity index (χ3n) is 2.69. The van der Waals surface area contributed by atoms with Gasteiger partial charge in [0.05, 0.1) is 12.3 Å². The molecule has 2 N–H and O–H groups in total. The summed E-state index contributed by atoms with van der Waals surface area (Å²) in [5, 5.41) is 0. The first-order chi connectivity index (χ1) is 9.28. The van der Waals surface area contributed by atoms with Crippen LogP contribution in [0.15, 0.2) is 30.6 Å². The van der Waals surface area contributed by atoms with Crippen molar-refractivity contribution in [2.75, 3.05) is 6.61 Å². The van der Waals surface area contributed by atoms with Gasteiger partial charge in [-0.15, -0.1) is 0 Å². The molecule has 0 aliphatic heterocycles. The molecule has 100 valence electrons. The normalized spacial score (nSPS) is 10.4. The molecule has 0 saturated carbocycles. The van der Waals surface area contributed by atoms with Crippen molar-refractivity contribution in [3.8, 4) is 6.01 Å². The lowest BCUT2D eigenvalue weighted by molar-refractivity contribution is 0.285. The van der Waals surface area contributed by atoms with Crippen LogP contribution < -0.4 is 10.5 Å². The van der Waals surface area contributed by atoms with Gasteiger partial charge in [0.1, 0.15) is 0 Å². The second kappa shape index (κ2) is 6.80. The van der Waals surface area contributed by atoms with E-state index >= 15 is 0 Å². The maximum atomic E-state index is 5.57. The standard InChI is InChI=1S/C14H18N4O/c1-11-9-13(10-15)18-14(17-11)19-8-2-3-12-4-6-16-7-5-12/h4-7,9H,2-3,8,10,15H2,1H3. The minimum atomic E-state index is 0.400. The third-order valence-corrected chi connectivity index (χ3v) is 2.69. The molecule has 2 aromatic heterocycles. The summed E-state index contributed by atoms with van der Waals surface area (Å²) in [6.45, 7) is 2.90. The maximum absolute atomic E-state index is 5.57. The monoisotopic (exact) mass is 258 g/mol. The van der Waals surface area contributed by atoms with Crippen LogP contribution in [-0.4, -0.2) is 21.6 Å². The van der Waals surface area contributed by atoms with E-state index in [-0.39, 0.29) is 0 Å². The Kier molecular flexibility index (Phi) is 4.80. The third kappa shape index (κ3) is 4.30. The lowest BCUT2D eigenvalue weighted by Gasteiger charge is -2.06. The Morgan fingerprint density at radius 2 is 2.00 bits per heavy atom. The van der Waals surface area contributed by atoms with Crippen molar-refractivity contribution in [3.05, 3.63) is 47.5 Å². The summed E-state index contributed by atoms with van der Waals surface area (Å²) in [5.41, 5.74) is 8.50. The summed E-state index contributed by atoms with van der Waals surface area (Å²) < 4.78 is 5.56. The highest BCUT2D eigenvalue weighted by Gasteiger charge is 2.02. The number of nitrogens with zero attached hydrogens (tertiary/aromatic N) is 3. The van der Waals surface area contributed by atoms with Gasteiger partial charge in [0.15, 0.2) is 0 Å². The predicted octanol–water partition coefficient (Wildman–Crippen LogP) is 1.65. The van der Waals surface area contributed by atoms with E-state index in [1.807, 2.05) is 25.1 Å². The topological polar surface area (TPSA) is 73.9 Å². The molecule has 0 unspecified atom stereocenters. The van der Waals surface area contributed by atoms with Crippen LogP contribution in [0.4, 0.5) is 0 Å². The molecular weight excluding hydrogens is 240 g/mol. The Balaban J connectivity index is 1.81. The SMILES string of the molecule is Cc1cc(CN)nc(OCCCc2ccncc2)n1. The number of ether oxygens (including phenoxy) is 1. The summed E-state index contributed by atoms with van der Waals surface area (Å²) in [5.74, 6) is 0. The largest absolute Gasteiger partial charge is 0.463 e. The van der Waals surface area contributed by atoms with E-state index in [1.54, 1.807) is 12.4 Å². The van der Waals surface area contributed by atoms with E-state index in [0.29, 0.717) is 19.2 Å². The first kappa shape index (κ1) is 13.4. The fourth-order valence-corrected chi connectivity index (χ4v) is 1.76. The van der Waals surface area contributed by atoms with Crippen molar-refractivity contribution in [3.63, 3.8) is 0 Å². The number of hydrogen-bond donors (Lipinski definition) is 1. The molecule has 0 atom stereocenters. The summed E-state index contributed by atoms with van der Waals surface area (Å²) in [6, 6.07) is 6.30. The molecule has 19 heavy (non-hydrogen) atoms. The van der Waals surface area contributed by atoms with Crippen LogP contribution in [-0.2, 0) is 13.0 Å². The zero-order chi connectivity index (χ0) is 13.5. The second-order valence-corrected chi connectivity index (χ2v) is 4.29. The van der Waals surface area contributed by atoms with E-state index in [4.69, 9.17) is 10.5 Å². The fraction of sp³-hybridized carbons (Fsp3) is 0.357. The van der Waals surface area contributed by atoms with Crippen LogP contribution >= 0.6 is 0 Å². The van der Waals surface area contributed by atoms with Gasteiger partial charge < -0.3 is 10.5 Å². The molecule has 0 saturated heterocycles. The highest BCUT2D eigenvalue weighted by atomic mass is 16.5. The van der Waals surface area contributed by atoms with Crippen LogP contribution in [0, 0.1) is 6.92 Å². The number of hydrogen-bond acceptors (Lipinski definition) is 5. The number of pyridine rings is 1. The Bertz CT molecular complexity index is 516. The van der Waals surface area contributed by atoms with Gasteiger partial charge >= 0.3 is 6.01 Å². The highest BCUT2D eigenvalue weighted by molar-refractivity contribution is 5.12. The molecule has 0 amide bonds. The van der Waals surface area contributed by atoms with E-state index in [0.717, 1.165) is 24.2 Å². The molecule has 0 radical (unpaired) electrons. The molecule has 5 heteroatoms. The van der Waals surface area contributed by atoms with E-state index < -0.39 is 0 Å². The van der Waals surface area contributed by atoms with E-state index in [1.165, 1.54) is 5.56 Å². The zero-order valence-corrected chi connectivity index (χ0v) is 11.0. The average molecular weight is 258 g/mol. The number of rotatable bonds is 6. The quantitative estimate of drug-likeness (QED) is 0.797. The first-order valence-corrected chi connectivity index (χ1v) is 6.34. The van der Waals surface area contributed by atoms with Gasteiger partial charge in [-0.25, -0.2) is 4.98 Å². The van der Waals surface area contributed by atoms with E-state index in [2.05, 4.69) is 15.0 Å². The Hall–Kier alpha value is -2.01. The van der Waals surface area contributed by atoms with Crippen molar-refractivity contribution in [1.29, 1.82) is 0 Å². The van der Waals surface area contributed by atoms with Gasteiger partial charge in [0.25, 0.3) is 0 Å². The van der Waals surface area contributed by atoms with Crippen molar-refractivity contribution in [2.45, 2.75) is 26.3 Å². The predicted molar refractivity (Wildman–Crippen MR) is 72.7 cm³/mol. The molecule has 0 fully saturated rings. The number of aromatic nitrogens is 3. The smallest absolute Gasteiger partial charge is 0.316 e. The molecular formula is C14H18N4O. The van der Waals surface area contributed by atoms with E-state index in [9.17, 15) is 0 Å². The summed E-state index contributed by atoms with van der Waals surface area (Å²) in [7, 11) is 0. The fourth-order valence-electron chi connectivity index (χ4n) is 1.76. The lowest BCUT2D eigenvalue weighted by Crippen LogP contribution is -2.07. The molecule has 2 rings (SSSR count). The van der Waals surface area contributed by atoms with Crippen LogP contribution in [0.1, 0.15) is 23.4 Å². The Morgan fingerprint density at radius 3 is 2.74 bits per heavy atom. The van der Waals surface area contributed by atoms with Gasteiger partial charge in [0.2, 0.25) is 0 Å². The van der Waals surface area contributed by atoms with Crippen molar-refractivity contribution < 1.29 is 4.74 Å². The van der Waals surface area contributed by atoms with Gasteiger partial charge in [-0.1, -0.05) is 0 Å². The van der Waals surface area contributed by atoms with Gasteiger partial charge in [-0.05, 0) is 43.5 Å².